The Kier molecular flexibility index (Phi) is 5.27. The third kappa shape index (κ3) is 3.26. The number of hydrogen-bond acceptors (Lipinski definition) is 4. The van der Waals surface area contributed by atoms with Gasteiger partial charge in [0.15, 0.2) is 0 Å². The number of halogens is 1. The quantitative estimate of drug-likeness (QED) is 0.894. The van der Waals surface area contributed by atoms with E-state index < -0.39 is 0 Å². The van der Waals surface area contributed by atoms with E-state index in [0.29, 0.717) is 13.2 Å². The number of anilines is 1. The van der Waals surface area contributed by atoms with Crippen LogP contribution in [0.1, 0.15) is 25.5 Å². The van der Waals surface area contributed by atoms with Crippen LogP contribution in [-0.2, 0) is 4.74 Å². The van der Waals surface area contributed by atoms with Crippen LogP contribution >= 0.6 is 11.6 Å². The molecule has 3 atom stereocenters. The van der Waals surface area contributed by atoms with Crippen molar-refractivity contribution in [2.75, 3.05) is 31.7 Å². The number of rotatable bonds is 4. The highest BCUT2D eigenvalue weighted by Crippen LogP contribution is 2.30. The molecule has 0 aromatic heterocycles. The standard InChI is InChI=1S/C15H23ClN2O2/c1-10-9-20-13(8-19)7-18(10)12-4-5-14(11(2)17-3)15(16)6-12/h4-6,10-11,13,17,19H,7-9H2,1-3H3. The molecule has 5 heteroatoms. The van der Waals surface area contributed by atoms with Crippen molar-refractivity contribution in [3.8, 4) is 0 Å². The first-order chi connectivity index (χ1) is 9.56. The number of nitrogens with zero attached hydrogens (tertiary/aromatic N) is 1. The van der Waals surface area contributed by atoms with E-state index in [1.165, 1.54) is 0 Å². The van der Waals surface area contributed by atoms with E-state index in [0.717, 1.165) is 16.3 Å². The number of hydrogen-bond donors (Lipinski definition) is 2. The molecule has 0 saturated carbocycles. The zero-order valence-corrected chi connectivity index (χ0v) is 13.0. The van der Waals surface area contributed by atoms with Crippen molar-refractivity contribution in [2.45, 2.75) is 32.0 Å². The lowest BCUT2D eigenvalue weighted by Gasteiger charge is -2.39. The van der Waals surface area contributed by atoms with Gasteiger partial charge in [-0.25, -0.2) is 0 Å². The summed E-state index contributed by atoms with van der Waals surface area (Å²) in [7, 11) is 1.92. The minimum absolute atomic E-state index is 0.0474. The number of aliphatic hydroxyl groups excluding tert-OH is 1. The summed E-state index contributed by atoms with van der Waals surface area (Å²) in [6, 6.07) is 6.66. The molecule has 1 aliphatic heterocycles. The molecule has 2 rings (SSSR count). The average Bonchev–Trinajstić information content (AvgIpc) is 2.47. The van der Waals surface area contributed by atoms with Crippen molar-refractivity contribution in [1.82, 2.24) is 5.32 Å². The van der Waals surface area contributed by atoms with E-state index in [-0.39, 0.29) is 24.8 Å². The van der Waals surface area contributed by atoms with Crippen molar-refractivity contribution in [2.24, 2.45) is 0 Å². The Labute approximate surface area is 125 Å². The Morgan fingerprint density at radius 1 is 1.55 bits per heavy atom. The van der Waals surface area contributed by atoms with Gasteiger partial charge in [0.2, 0.25) is 0 Å². The van der Waals surface area contributed by atoms with Gasteiger partial charge in [-0.05, 0) is 38.6 Å². The summed E-state index contributed by atoms with van der Waals surface area (Å²) in [4.78, 5) is 2.24. The molecule has 1 aromatic rings. The average molecular weight is 299 g/mol. The normalized spacial score (nSPS) is 24.8. The van der Waals surface area contributed by atoms with Gasteiger partial charge in [-0.15, -0.1) is 0 Å². The van der Waals surface area contributed by atoms with Crippen molar-refractivity contribution in [3.63, 3.8) is 0 Å². The highest BCUT2D eigenvalue weighted by Gasteiger charge is 2.26. The van der Waals surface area contributed by atoms with Crippen LogP contribution in [0.2, 0.25) is 5.02 Å². The summed E-state index contributed by atoms with van der Waals surface area (Å²) in [5.41, 5.74) is 2.17. The first-order valence-electron chi connectivity index (χ1n) is 7.02. The molecule has 1 saturated heterocycles. The third-order valence-electron chi connectivity index (χ3n) is 3.92. The molecule has 1 aliphatic rings. The highest BCUT2D eigenvalue weighted by atomic mass is 35.5. The van der Waals surface area contributed by atoms with E-state index in [4.69, 9.17) is 16.3 Å². The molecule has 0 radical (unpaired) electrons. The van der Waals surface area contributed by atoms with E-state index in [1.54, 1.807) is 0 Å². The van der Waals surface area contributed by atoms with Crippen LogP contribution in [0.3, 0.4) is 0 Å². The van der Waals surface area contributed by atoms with E-state index >= 15 is 0 Å². The van der Waals surface area contributed by atoms with E-state index in [9.17, 15) is 5.11 Å². The SMILES string of the molecule is CNC(C)c1ccc(N2CC(CO)OCC2C)cc1Cl. The topological polar surface area (TPSA) is 44.7 Å². The Morgan fingerprint density at radius 2 is 2.30 bits per heavy atom. The van der Waals surface area contributed by atoms with Crippen LogP contribution in [0.5, 0.6) is 0 Å². The summed E-state index contributed by atoms with van der Waals surface area (Å²) in [5.74, 6) is 0. The first kappa shape index (κ1) is 15.6. The minimum atomic E-state index is -0.124. The van der Waals surface area contributed by atoms with Crippen molar-refractivity contribution in [1.29, 1.82) is 0 Å². The molecule has 112 valence electrons. The molecule has 1 aromatic carbocycles. The first-order valence-corrected chi connectivity index (χ1v) is 7.40. The lowest BCUT2D eigenvalue weighted by atomic mass is 10.1. The molecule has 1 heterocycles. The molecule has 3 unspecified atom stereocenters. The van der Waals surface area contributed by atoms with Crippen molar-refractivity contribution < 1.29 is 9.84 Å². The molecular formula is C15H23ClN2O2. The van der Waals surface area contributed by atoms with Crippen LogP contribution in [0.4, 0.5) is 5.69 Å². The summed E-state index contributed by atoms with van der Waals surface area (Å²) in [6.45, 7) is 5.56. The van der Waals surface area contributed by atoms with Crippen molar-refractivity contribution in [3.05, 3.63) is 28.8 Å². The monoisotopic (exact) mass is 298 g/mol. The smallest absolute Gasteiger partial charge is 0.0981 e. The molecule has 0 amide bonds. The highest BCUT2D eigenvalue weighted by molar-refractivity contribution is 6.31. The van der Waals surface area contributed by atoms with Crippen molar-refractivity contribution >= 4 is 17.3 Å². The molecule has 0 spiro atoms. The number of morpholine rings is 1. The van der Waals surface area contributed by atoms with Crippen LogP contribution in [0, 0.1) is 0 Å². The summed E-state index contributed by atoms with van der Waals surface area (Å²) >= 11 is 6.39. The van der Waals surface area contributed by atoms with Gasteiger partial charge in [0.1, 0.15) is 0 Å². The summed E-state index contributed by atoms with van der Waals surface area (Å²) in [5, 5.41) is 13.2. The Morgan fingerprint density at radius 3 is 2.90 bits per heavy atom. The second kappa shape index (κ2) is 6.76. The Balaban J connectivity index is 2.21. The van der Waals surface area contributed by atoms with Gasteiger partial charge in [0.05, 0.1) is 19.3 Å². The van der Waals surface area contributed by atoms with Gasteiger partial charge in [-0.3, -0.25) is 0 Å². The molecular weight excluding hydrogens is 276 g/mol. The predicted octanol–water partition coefficient (Wildman–Crippen LogP) is 2.21. The molecule has 2 N–H and O–H groups in total. The lowest BCUT2D eigenvalue weighted by Crippen LogP contribution is -2.49. The number of ether oxygens (including phenoxy) is 1. The maximum Gasteiger partial charge on any atom is 0.0981 e. The second-order valence-corrected chi connectivity index (χ2v) is 5.76. The second-order valence-electron chi connectivity index (χ2n) is 5.36. The summed E-state index contributed by atoms with van der Waals surface area (Å²) in [6.07, 6.45) is -0.124. The van der Waals surface area contributed by atoms with Gasteiger partial charge < -0.3 is 20.1 Å². The fourth-order valence-electron chi connectivity index (χ4n) is 2.49. The molecule has 20 heavy (non-hydrogen) atoms. The van der Waals surface area contributed by atoms with E-state index in [1.807, 2.05) is 13.1 Å². The predicted molar refractivity (Wildman–Crippen MR) is 82.6 cm³/mol. The molecule has 0 bridgehead atoms. The van der Waals surface area contributed by atoms with Crippen LogP contribution < -0.4 is 10.2 Å². The van der Waals surface area contributed by atoms with Gasteiger partial charge in [0, 0.05) is 29.3 Å². The lowest BCUT2D eigenvalue weighted by molar-refractivity contribution is -0.0103. The fraction of sp³-hybridized carbons (Fsp3) is 0.600. The summed E-state index contributed by atoms with van der Waals surface area (Å²) < 4.78 is 5.57. The van der Waals surface area contributed by atoms with Gasteiger partial charge >= 0.3 is 0 Å². The molecule has 0 aliphatic carbocycles. The van der Waals surface area contributed by atoms with Gasteiger partial charge in [-0.1, -0.05) is 17.7 Å². The minimum Gasteiger partial charge on any atom is -0.394 e. The molecule has 1 fully saturated rings. The maximum absolute atomic E-state index is 9.26. The zero-order chi connectivity index (χ0) is 14.7. The number of nitrogens with one attached hydrogen (secondary N) is 1. The van der Waals surface area contributed by atoms with Gasteiger partial charge in [-0.2, -0.15) is 0 Å². The van der Waals surface area contributed by atoms with Crippen LogP contribution in [-0.4, -0.2) is 44.1 Å². The van der Waals surface area contributed by atoms with Gasteiger partial charge in [0.25, 0.3) is 0 Å². The van der Waals surface area contributed by atoms with Crippen LogP contribution in [0.25, 0.3) is 0 Å². The maximum atomic E-state index is 9.26. The third-order valence-corrected chi connectivity index (χ3v) is 4.25. The Hall–Kier alpha value is -0.810. The number of benzene rings is 1. The van der Waals surface area contributed by atoms with E-state index in [2.05, 4.69) is 36.2 Å². The number of aliphatic hydroxyl groups is 1. The zero-order valence-electron chi connectivity index (χ0n) is 12.3. The molecule has 4 nitrogen and oxygen atoms in total. The largest absolute Gasteiger partial charge is 0.394 e. The Bertz CT molecular complexity index is 455. The fourth-order valence-corrected chi connectivity index (χ4v) is 2.83. The van der Waals surface area contributed by atoms with Crippen LogP contribution in [0.15, 0.2) is 18.2 Å².